The maximum Gasteiger partial charge on any atom is 0.250 e. The number of carbonyl (C=O) groups is 3. The minimum absolute atomic E-state index is 0.00668. The van der Waals surface area contributed by atoms with Gasteiger partial charge in [-0.25, -0.2) is 4.98 Å². The number of allylic oxidation sites excluding steroid dienone is 4. The molecule has 1 aromatic heterocycles. The van der Waals surface area contributed by atoms with Gasteiger partial charge in [0.15, 0.2) is 5.82 Å². The normalized spacial score (nSPS) is 16.6. The Morgan fingerprint density at radius 2 is 1.90 bits per heavy atom. The van der Waals surface area contributed by atoms with Crippen molar-refractivity contribution in [3.05, 3.63) is 84.4 Å². The molecule has 0 spiro atoms. The molecular weight excluding hydrogens is 520 g/mol. The SMILES string of the molecule is CC(C)(N)C(=O)N[C@H](COCC1=CC=CCC=C1)C(=O)Nc1cn(CC(=O)N2CCC(c3ccccc3)CC2)cn1. The Balaban J connectivity index is 1.30. The smallest absolute Gasteiger partial charge is 0.250 e. The lowest BCUT2D eigenvalue weighted by Gasteiger charge is -2.32. The van der Waals surface area contributed by atoms with Crippen LogP contribution >= 0.6 is 0 Å². The van der Waals surface area contributed by atoms with Gasteiger partial charge in [-0.3, -0.25) is 14.4 Å². The zero-order valence-electron chi connectivity index (χ0n) is 23.8. The van der Waals surface area contributed by atoms with E-state index in [1.54, 1.807) is 24.6 Å². The first-order valence-corrected chi connectivity index (χ1v) is 14.0. The molecule has 0 unspecified atom stereocenters. The topological polar surface area (TPSA) is 132 Å². The Kier molecular flexibility index (Phi) is 10.3. The van der Waals surface area contributed by atoms with Crippen LogP contribution in [0.3, 0.4) is 0 Å². The van der Waals surface area contributed by atoms with Gasteiger partial charge in [0, 0.05) is 19.3 Å². The summed E-state index contributed by atoms with van der Waals surface area (Å²) in [4.78, 5) is 44.7. The average molecular weight is 561 g/mol. The van der Waals surface area contributed by atoms with Crippen molar-refractivity contribution in [2.45, 2.75) is 57.2 Å². The van der Waals surface area contributed by atoms with Crippen LogP contribution < -0.4 is 16.4 Å². The number of carbonyl (C=O) groups excluding carboxylic acids is 3. The lowest BCUT2D eigenvalue weighted by Crippen LogP contribution is -2.56. The van der Waals surface area contributed by atoms with Gasteiger partial charge in [-0.2, -0.15) is 0 Å². The molecule has 1 saturated heterocycles. The number of hydrogen-bond donors (Lipinski definition) is 3. The minimum atomic E-state index is -1.17. The number of rotatable bonds is 11. The summed E-state index contributed by atoms with van der Waals surface area (Å²) < 4.78 is 7.42. The van der Waals surface area contributed by atoms with E-state index in [2.05, 4.69) is 39.9 Å². The summed E-state index contributed by atoms with van der Waals surface area (Å²) in [5.74, 6) is -0.226. The predicted molar refractivity (Wildman–Crippen MR) is 158 cm³/mol. The number of imidazole rings is 1. The third-order valence-electron chi connectivity index (χ3n) is 7.13. The van der Waals surface area contributed by atoms with E-state index in [0.29, 0.717) is 19.0 Å². The number of aromatic nitrogens is 2. The molecule has 2 aliphatic rings. The number of likely N-dealkylation sites (tertiary alicyclic amines) is 1. The highest BCUT2D eigenvalue weighted by Crippen LogP contribution is 2.27. The van der Waals surface area contributed by atoms with E-state index in [9.17, 15) is 14.4 Å². The number of hydrogen-bond acceptors (Lipinski definition) is 6. The summed E-state index contributed by atoms with van der Waals surface area (Å²) in [7, 11) is 0. The number of nitrogens with zero attached hydrogens (tertiary/aromatic N) is 3. The van der Waals surface area contributed by atoms with Crippen LogP contribution in [0.25, 0.3) is 0 Å². The van der Waals surface area contributed by atoms with Crippen LogP contribution in [0, 0.1) is 0 Å². The molecule has 2 heterocycles. The van der Waals surface area contributed by atoms with Gasteiger partial charge < -0.3 is 30.6 Å². The van der Waals surface area contributed by atoms with E-state index in [0.717, 1.165) is 24.8 Å². The summed E-state index contributed by atoms with van der Waals surface area (Å²) in [6.45, 7) is 4.90. The lowest BCUT2D eigenvalue weighted by atomic mass is 9.89. The third kappa shape index (κ3) is 8.99. The number of amides is 3. The summed E-state index contributed by atoms with van der Waals surface area (Å²) in [6, 6.07) is 9.42. The van der Waals surface area contributed by atoms with Crippen LogP contribution in [0.4, 0.5) is 5.82 Å². The van der Waals surface area contributed by atoms with Gasteiger partial charge in [0.1, 0.15) is 12.6 Å². The predicted octanol–water partition coefficient (Wildman–Crippen LogP) is 2.91. The van der Waals surface area contributed by atoms with Crippen LogP contribution in [0.2, 0.25) is 0 Å². The Labute approximate surface area is 241 Å². The third-order valence-corrected chi connectivity index (χ3v) is 7.13. The highest BCUT2D eigenvalue weighted by Gasteiger charge is 2.29. The van der Waals surface area contributed by atoms with E-state index in [1.165, 1.54) is 11.9 Å². The second kappa shape index (κ2) is 14.0. The molecule has 1 aliphatic heterocycles. The Hall–Kier alpha value is -4.02. The molecular formula is C31H40N6O4. The molecule has 1 fully saturated rings. The van der Waals surface area contributed by atoms with Crippen LogP contribution in [-0.4, -0.2) is 70.1 Å². The van der Waals surface area contributed by atoms with E-state index in [-0.39, 0.29) is 31.5 Å². The molecule has 1 aliphatic carbocycles. The monoisotopic (exact) mass is 560 g/mol. The molecule has 1 aromatic carbocycles. The van der Waals surface area contributed by atoms with E-state index >= 15 is 0 Å². The molecule has 4 N–H and O–H groups in total. The molecule has 3 amide bonds. The van der Waals surface area contributed by atoms with Gasteiger partial charge in [0.05, 0.1) is 25.1 Å². The highest BCUT2D eigenvalue weighted by atomic mass is 16.5. The second-order valence-corrected chi connectivity index (χ2v) is 11.1. The van der Waals surface area contributed by atoms with Crippen molar-refractivity contribution < 1.29 is 19.1 Å². The van der Waals surface area contributed by atoms with Crippen molar-refractivity contribution >= 4 is 23.5 Å². The number of piperidine rings is 1. The van der Waals surface area contributed by atoms with Gasteiger partial charge >= 0.3 is 0 Å². The lowest BCUT2D eigenvalue weighted by molar-refractivity contribution is -0.133. The van der Waals surface area contributed by atoms with E-state index in [4.69, 9.17) is 10.5 Å². The molecule has 0 bridgehead atoms. The fourth-order valence-corrected chi connectivity index (χ4v) is 4.71. The number of ether oxygens (including phenoxy) is 1. The fraction of sp³-hybridized carbons (Fsp3) is 0.419. The Bertz CT molecular complexity index is 1280. The Morgan fingerprint density at radius 3 is 2.63 bits per heavy atom. The summed E-state index contributed by atoms with van der Waals surface area (Å²) in [5, 5.41) is 5.40. The second-order valence-electron chi connectivity index (χ2n) is 11.1. The van der Waals surface area contributed by atoms with E-state index < -0.39 is 23.4 Å². The van der Waals surface area contributed by atoms with Crippen molar-refractivity contribution in [1.29, 1.82) is 0 Å². The summed E-state index contributed by atoms with van der Waals surface area (Å²) in [5.41, 5.74) is 7.03. The first kappa shape index (κ1) is 30.0. The molecule has 0 radical (unpaired) electrons. The zero-order chi connectivity index (χ0) is 29.2. The maximum absolute atomic E-state index is 13.1. The molecule has 10 heteroatoms. The minimum Gasteiger partial charge on any atom is -0.374 e. The first-order valence-electron chi connectivity index (χ1n) is 14.0. The van der Waals surface area contributed by atoms with Gasteiger partial charge in [0.2, 0.25) is 11.8 Å². The van der Waals surface area contributed by atoms with Crippen LogP contribution in [0.5, 0.6) is 0 Å². The number of nitrogens with one attached hydrogen (secondary N) is 2. The Morgan fingerprint density at radius 1 is 1.15 bits per heavy atom. The fourth-order valence-electron chi connectivity index (χ4n) is 4.71. The summed E-state index contributed by atoms with van der Waals surface area (Å²) >= 11 is 0. The number of anilines is 1. The van der Waals surface area contributed by atoms with Crippen LogP contribution in [-0.2, 0) is 25.7 Å². The molecule has 2 aromatic rings. The first-order chi connectivity index (χ1) is 19.7. The molecule has 1 atom stereocenters. The number of nitrogens with two attached hydrogens (primary N) is 1. The molecule has 218 valence electrons. The van der Waals surface area contributed by atoms with Crippen molar-refractivity contribution in [2.75, 3.05) is 31.6 Å². The van der Waals surface area contributed by atoms with E-state index in [1.807, 2.05) is 41.3 Å². The highest BCUT2D eigenvalue weighted by molar-refractivity contribution is 5.98. The van der Waals surface area contributed by atoms with Crippen molar-refractivity contribution in [2.24, 2.45) is 5.73 Å². The zero-order valence-corrected chi connectivity index (χ0v) is 23.8. The molecule has 41 heavy (non-hydrogen) atoms. The standard InChI is InChI=1S/C31H40N6O4/c1-31(2,32)30(40)34-26(21-41-20-23-10-6-3-4-7-11-23)29(39)35-27-18-36(22-33-27)19-28(38)37-16-14-25(15-17-37)24-12-8-5-9-13-24/h3,5-13,18,22,25-26H,4,14-17,19-21,32H2,1-2H3,(H,34,40)(H,35,39)/t26-/m1/s1. The van der Waals surface area contributed by atoms with Gasteiger partial charge in [0.25, 0.3) is 5.91 Å². The van der Waals surface area contributed by atoms with Crippen LogP contribution in [0.1, 0.15) is 44.6 Å². The van der Waals surface area contributed by atoms with Gasteiger partial charge in [-0.15, -0.1) is 0 Å². The molecule has 0 saturated carbocycles. The van der Waals surface area contributed by atoms with Crippen molar-refractivity contribution in [1.82, 2.24) is 19.8 Å². The quantitative estimate of drug-likeness (QED) is 0.387. The van der Waals surface area contributed by atoms with Crippen molar-refractivity contribution in [3.63, 3.8) is 0 Å². The van der Waals surface area contributed by atoms with Gasteiger partial charge in [-0.05, 0) is 50.2 Å². The number of benzene rings is 1. The summed E-state index contributed by atoms with van der Waals surface area (Å²) in [6.07, 6.45) is 15.7. The largest absolute Gasteiger partial charge is 0.374 e. The van der Waals surface area contributed by atoms with Crippen molar-refractivity contribution in [3.8, 4) is 0 Å². The maximum atomic E-state index is 13.1. The molecule has 10 nitrogen and oxygen atoms in total. The van der Waals surface area contributed by atoms with Crippen LogP contribution in [0.15, 0.2) is 78.8 Å². The average Bonchev–Trinajstić information content (AvgIpc) is 3.22. The molecule has 4 rings (SSSR count). The van der Waals surface area contributed by atoms with Gasteiger partial charge in [-0.1, -0.05) is 60.7 Å².